The number of sulfonamides is 1. The summed E-state index contributed by atoms with van der Waals surface area (Å²) in [6.45, 7) is 4.74. The topological polar surface area (TPSA) is 87.0 Å². The summed E-state index contributed by atoms with van der Waals surface area (Å²) in [7, 11) is -3.76. The summed E-state index contributed by atoms with van der Waals surface area (Å²) in [5, 5.41) is 11.3. The smallest absolute Gasteiger partial charge is 0.270 e. The van der Waals surface area contributed by atoms with Crippen molar-refractivity contribution in [3.8, 4) is 0 Å². The lowest BCUT2D eigenvalue weighted by atomic mass is 10.2. The first-order chi connectivity index (χ1) is 14.4. The molecular weight excluding hydrogens is 404 g/mol. The summed E-state index contributed by atoms with van der Waals surface area (Å²) >= 11 is 0. The Bertz CT molecular complexity index is 999. The zero-order chi connectivity index (χ0) is 21.1. The van der Waals surface area contributed by atoms with Crippen LogP contribution in [0.15, 0.2) is 53.4 Å². The van der Waals surface area contributed by atoms with E-state index in [4.69, 9.17) is 0 Å². The molecule has 30 heavy (non-hydrogen) atoms. The van der Waals surface area contributed by atoms with Gasteiger partial charge in [-0.2, -0.15) is 4.31 Å². The van der Waals surface area contributed by atoms with Crippen molar-refractivity contribution in [2.24, 2.45) is 0 Å². The molecule has 4 rings (SSSR count). The minimum absolute atomic E-state index is 0.0510. The summed E-state index contributed by atoms with van der Waals surface area (Å²) in [6.07, 6.45) is 1.64. The molecule has 0 aromatic heterocycles. The van der Waals surface area contributed by atoms with Crippen LogP contribution < -0.4 is 4.90 Å². The van der Waals surface area contributed by atoms with Crippen molar-refractivity contribution in [3.63, 3.8) is 0 Å². The number of piperazine rings is 1. The minimum atomic E-state index is -3.76. The molecule has 2 aliphatic rings. The van der Waals surface area contributed by atoms with Crippen molar-refractivity contribution >= 4 is 21.4 Å². The first kappa shape index (κ1) is 20.8. The number of hydrogen-bond donors (Lipinski definition) is 0. The monoisotopic (exact) mass is 430 g/mol. The van der Waals surface area contributed by atoms with Crippen LogP contribution in [0.25, 0.3) is 0 Å². The molecule has 0 amide bonds. The molecule has 2 aromatic carbocycles. The molecule has 0 aliphatic carbocycles. The highest BCUT2D eigenvalue weighted by Crippen LogP contribution is 2.33. The molecule has 8 nitrogen and oxygen atoms in total. The number of benzene rings is 2. The summed E-state index contributed by atoms with van der Waals surface area (Å²) in [5.41, 5.74) is 1.62. The largest absolute Gasteiger partial charge is 0.368 e. The van der Waals surface area contributed by atoms with Crippen molar-refractivity contribution in [1.29, 1.82) is 0 Å². The molecule has 160 valence electrons. The van der Waals surface area contributed by atoms with Crippen LogP contribution in [-0.4, -0.2) is 61.8 Å². The molecule has 2 heterocycles. The third-order valence-electron chi connectivity index (χ3n) is 5.80. The summed E-state index contributed by atoms with van der Waals surface area (Å²) in [5.74, 6) is 0. The lowest BCUT2D eigenvalue weighted by Crippen LogP contribution is -2.46. The van der Waals surface area contributed by atoms with Crippen LogP contribution in [0.2, 0.25) is 0 Å². The van der Waals surface area contributed by atoms with Crippen molar-refractivity contribution in [2.75, 3.05) is 44.2 Å². The third-order valence-corrected chi connectivity index (χ3v) is 7.73. The summed E-state index contributed by atoms with van der Waals surface area (Å²) in [6, 6.07) is 14.5. The molecule has 9 heteroatoms. The van der Waals surface area contributed by atoms with Crippen molar-refractivity contribution in [3.05, 3.63) is 64.2 Å². The fourth-order valence-electron chi connectivity index (χ4n) is 4.14. The Kier molecular flexibility index (Phi) is 6.03. The molecule has 0 bridgehead atoms. The second-order valence-corrected chi connectivity index (χ2v) is 9.68. The van der Waals surface area contributed by atoms with Gasteiger partial charge in [-0.3, -0.25) is 15.0 Å². The molecule has 0 unspecified atom stereocenters. The lowest BCUT2D eigenvalue weighted by molar-refractivity contribution is -0.385. The maximum Gasteiger partial charge on any atom is 0.270 e. The van der Waals surface area contributed by atoms with E-state index in [9.17, 15) is 18.5 Å². The van der Waals surface area contributed by atoms with Gasteiger partial charge in [0, 0.05) is 57.9 Å². The van der Waals surface area contributed by atoms with E-state index in [1.807, 2.05) is 23.1 Å². The zero-order valence-electron chi connectivity index (χ0n) is 16.8. The van der Waals surface area contributed by atoms with Gasteiger partial charge < -0.3 is 4.90 Å². The van der Waals surface area contributed by atoms with E-state index in [1.54, 1.807) is 6.07 Å². The van der Waals surface area contributed by atoms with Crippen LogP contribution in [-0.2, 0) is 16.6 Å². The van der Waals surface area contributed by atoms with Gasteiger partial charge in [0.15, 0.2) is 0 Å². The predicted molar refractivity (Wildman–Crippen MR) is 115 cm³/mol. The quantitative estimate of drug-likeness (QED) is 0.517. The van der Waals surface area contributed by atoms with Gasteiger partial charge in [-0.15, -0.1) is 0 Å². The van der Waals surface area contributed by atoms with E-state index >= 15 is 0 Å². The Morgan fingerprint density at radius 3 is 2.20 bits per heavy atom. The van der Waals surface area contributed by atoms with Gasteiger partial charge in [-0.05, 0) is 24.5 Å². The van der Waals surface area contributed by atoms with Crippen LogP contribution >= 0.6 is 0 Å². The van der Waals surface area contributed by atoms with E-state index in [2.05, 4.69) is 17.0 Å². The molecular formula is C21H26N4O4S. The molecule has 0 atom stereocenters. The SMILES string of the molecule is O=[N+]([O-])c1ccc(N2CCN(Cc3ccccc3)CC2)c(S(=O)(=O)N2CCCC2)c1. The number of hydrogen-bond acceptors (Lipinski definition) is 6. The zero-order valence-corrected chi connectivity index (χ0v) is 17.6. The Morgan fingerprint density at radius 1 is 0.900 bits per heavy atom. The van der Waals surface area contributed by atoms with Crippen LogP contribution in [0.1, 0.15) is 18.4 Å². The number of nitrogens with zero attached hydrogens (tertiary/aromatic N) is 4. The maximum atomic E-state index is 13.2. The van der Waals surface area contributed by atoms with Gasteiger partial charge in [0.2, 0.25) is 10.0 Å². The fraction of sp³-hybridized carbons (Fsp3) is 0.429. The first-order valence-corrected chi connectivity index (χ1v) is 11.7. The molecule has 2 fully saturated rings. The number of rotatable bonds is 6. The lowest BCUT2D eigenvalue weighted by Gasteiger charge is -2.37. The average molecular weight is 431 g/mol. The Hall–Kier alpha value is -2.49. The van der Waals surface area contributed by atoms with Gasteiger partial charge in [0.25, 0.3) is 5.69 Å². The first-order valence-electron chi connectivity index (χ1n) is 10.2. The van der Waals surface area contributed by atoms with Gasteiger partial charge >= 0.3 is 0 Å². The Labute approximate surface area is 176 Å². The molecule has 0 spiro atoms. The molecule has 2 saturated heterocycles. The Balaban J connectivity index is 1.56. The second-order valence-electron chi connectivity index (χ2n) is 7.77. The highest BCUT2D eigenvalue weighted by molar-refractivity contribution is 7.89. The van der Waals surface area contributed by atoms with Crippen LogP contribution in [0.3, 0.4) is 0 Å². The highest BCUT2D eigenvalue weighted by atomic mass is 32.2. The van der Waals surface area contributed by atoms with E-state index in [0.29, 0.717) is 31.9 Å². The normalized spacial score (nSPS) is 18.6. The van der Waals surface area contributed by atoms with Gasteiger partial charge in [0.1, 0.15) is 4.90 Å². The van der Waals surface area contributed by atoms with Gasteiger partial charge in [0.05, 0.1) is 10.6 Å². The molecule has 0 saturated carbocycles. The van der Waals surface area contributed by atoms with Crippen molar-refractivity contribution in [2.45, 2.75) is 24.3 Å². The molecule has 0 N–H and O–H groups in total. The van der Waals surface area contributed by atoms with Crippen LogP contribution in [0.4, 0.5) is 11.4 Å². The number of non-ortho nitro benzene ring substituents is 1. The standard InChI is InChI=1S/C21H26N4O4S/c26-25(27)19-8-9-20(21(16-19)30(28,29)24-10-4-5-11-24)23-14-12-22(13-15-23)17-18-6-2-1-3-7-18/h1-3,6-9,16H,4-5,10-15,17H2. The van der Waals surface area contributed by atoms with E-state index in [1.165, 1.54) is 22.0 Å². The fourth-order valence-corrected chi connectivity index (χ4v) is 5.89. The second kappa shape index (κ2) is 8.71. The highest BCUT2D eigenvalue weighted by Gasteiger charge is 2.33. The molecule has 0 radical (unpaired) electrons. The van der Waals surface area contributed by atoms with E-state index in [0.717, 1.165) is 32.5 Å². The maximum absolute atomic E-state index is 13.2. The summed E-state index contributed by atoms with van der Waals surface area (Å²) < 4.78 is 27.9. The van der Waals surface area contributed by atoms with Gasteiger partial charge in [-0.1, -0.05) is 30.3 Å². The summed E-state index contributed by atoms with van der Waals surface area (Å²) in [4.78, 5) is 15.2. The average Bonchev–Trinajstić information content (AvgIpc) is 3.30. The predicted octanol–water partition coefficient (Wildman–Crippen LogP) is 2.70. The number of nitro benzene ring substituents is 1. The molecule has 2 aliphatic heterocycles. The minimum Gasteiger partial charge on any atom is -0.368 e. The van der Waals surface area contributed by atoms with Crippen molar-refractivity contribution < 1.29 is 13.3 Å². The molecule has 2 aromatic rings. The van der Waals surface area contributed by atoms with Gasteiger partial charge in [-0.25, -0.2) is 8.42 Å². The Morgan fingerprint density at radius 2 is 1.57 bits per heavy atom. The van der Waals surface area contributed by atoms with Crippen LogP contribution in [0.5, 0.6) is 0 Å². The van der Waals surface area contributed by atoms with E-state index in [-0.39, 0.29) is 10.6 Å². The van der Waals surface area contributed by atoms with Crippen LogP contribution in [0, 0.1) is 10.1 Å². The van der Waals surface area contributed by atoms with E-state index < -0.39 is 14.9 Å². The number of nitro groups is 1. The van der Waals surface area contributed by atoms with Crippen molar-refractivity contribution in [1.82, 2.24) is 9.21 Å². The number of anilines is 1. The third kappa shape index (κ3) is 4.33.